The Kier molecular flexibility index (Phi) is 2.32. The summed E-state index contributed by atoms with van der Waals surface area (Å²) in [7, 11) is 1.51. The highest BCUT2D eigenvalue weighted by Gasteiger charge is 2.30. The molecule has 0 radical (unpaired) electrons. The predicted octanol–water partition coefficient (Wildman–Crippen LogP) is 1.02. The molecule has 1 aromatic carbocycles. The lowest BCUT2D eigenvalue weighted by molar-refractivity contribution is 0.192. The largest absolute Gasteiger partial charge is 0.386 e. The Hall–Kier alpha value is -1.62. The molecule has 0 spiro atoms. The van der Waals surface area contributed by atoms with Gasteiger partial charge in [0.2, 0.25) is 0 Å². The number of anilines is 1. The Morgan fingerprint density at radius 2 is 2.40 bits per heavy atom. The molecule has 1 aliphatic heterocycles. The molecule has 2 rings (SSSR count). The van der Waals surface area contributed by atoms with E-state index in [1.807, 2.05) is 0 Å². The topological polar surface area (TPSA) is 52.6 Å². The SMILES string of the molecule is CNC(=O)N1C[C@@H](O)c2cc(F)ccc21. The molecule has 1 atom stereocenters. The second-order valence-corrected chi connectivity index (χ2v) is 3.38. The highest BCUT2D eigenvalue weighted by molar-refractivity contribution is 5.94. The summed E-state index contributed by atoms with van der Waals surface area (Å²) in [5, 5.41) is 12.1. The van der Waals surface area contributed by atoms with E-state index in [1.54, 1.807) is 0 Å². The van der Waals surface area contributed by atoms with Gasteiger partial charge in [0, 0.05) is 12.6 Å². The number of aliphatic hydroxyl groups excluding tert-OH is 1. The van der Waals surface area contributed by atoms with Crippen molar-refractivity contribution < 1.29 is 14.3 Å². The van der Waals surface area contributed by atoms with Gasteiger partial charge in [-0.3, -0.25) is 4.90 Å². The standard InChI is InChI=1S/C10H11FN2O2/c1-12-10(15)13-5-9(14)7-4-6(11)2-3-8(7)13/h2-4,9,14H,5H2,1H3,(H,12,15)/t9-/m1/s1. The first-order valence-electron chi connectivity index (χ1n) is 4.60. The number of urea groups is 1. The predicted molar refractivity (Wildman–Crippen MR) is 53.2 cm³/mol. The zero-order valence-corrected chi connectivity index (χ0v) is 8.20. The number of hydrogen-bond donors (Lipinski definition) is 2. The monoisotopic (exact) mass is 210 g/mol. The molecule has 5 heteroatoms. The number of β-amino-alcohol motifs (C(OH)–C–C–N with tert-alkyl or cyclic N) is 1. The Labute approximate surface area is 86.3 Å². The number of aliphatic hydroxyl groups is 1. The molecular weight excluding hydrogens is 199 g/mol. The van der Waals surface area contributed by atoms with Crippen LogP contribution in [0, 0.1) is 5.82 Å². The number of halogens is 1. The summed E-state index contributed by atoms with van der Waals surface area (Å²) in [5.74, 6) is -0.411. The van der Waals surface area contributed by atoms with Crippen LogP contribution in [0.3, 0.4) is 0 Å². The first-order valence-corrected chi connectivity index (χ1v) is 4.60. The van der Waals surface area contributed by atoms with E-state index in [0.717, 1.165) is 0 Å². The van der Waals surface area contributed by atoms with Crippen molar-refractivity contribution in [1.29, 1.82) is 0 Å². The van der Waals surface area contributed by atoms with Gasteiger partial charge in [-0.1, -0.05) is 0 Å². The maximum atomic E-state index is 12.9. The van der Waals surface area contributed by atoms with Gasteiger partial charge in [0.1, 0.15) is 5.82 Å². The van der Waals surface area contributed by atoms with E-state index < -0.39 is 11.9 Å². The van der Waals surface area contributed by atoms with Gasteiger partial charge in [-0.2, -0.15) is 0 Å². The van der Waals surface area contributed by atoms with Crippen molar-refractivity contribution in [3.05, 3.63) is 29.6 Å². The maximum Gasteiger partial charge on any atom is 0.321 e. The van der Waals surface area contributed by atoms with Gasteiger partial charge in [-0.25, -0.2) is 9.18 Å². The third kappa shape index (κ3) is 1.55. The summed E-state index contributed by atoms with van der Waals surface area (Å²) >= 11 is 0. The molecule has 0 aliphatic carbocycles. The normalized spacial score (nSPS) is 18.9. The molecule has 0 aromatic heterocycles. The molecule has 15 heavy (non-hydrogen) atoms. The highest BCUT2D eigenvalue weighted by atomic mass is 19.1. The van der Waals surface area contributed by atoms with Crippen LogP contribution in [-0.4, -0.2) is 24.7 Å². The van der Waals surface area contributed by atoms with Crippen LogP contribution in [0.25, 0.3) is 0 Å². The van der Waals surface area contributed by atoms with E-state index in [-0.39, 0.29) is 12.6 Å². The molecule has 0 fully saturated rings. The maximum absolute atomic E-state index is 12.9. The lowest BCUT2D eigenvalue weighted by Gasteiger charge is -2.15. The number of nitrogens with zero attached hydrogens (tertiary/aromatic N) is 1. The van der Waals surface area contributed by atoms with Crippen molar-refractivity contribution in [2.45, 2.75) is 6.10 Å². The first-order chi connectivity index (χ1) is 7.13. The lowest BCUT2D eigenvalue weighted by atomic mass is 10.1. The number of carbonyl (C=O) groups is 1. The van der Waals surface area contributed by atoms with E-state index in [4.69, 9.17) is 0 Å². The van der Waals surface area contributed by atoms with Crippen LogP contribution < -0.4 is 10.2 Å². The van der Waals surface area contributed by atoms with Crippen molar-refractivity contribution in [1.82, 2.24) is 5.32 Å². The Morgan fingerprint density at radius 1 is 1.67 bits per heavy atom. The number of fused-ring (bicyclic) bond motifs is 1. The van der Waals surface area contributed by atoms with E-state index in [9.17, 15) is 14.3 Å². The van der Waals surface area contributed by atoms with Crippen LogP contribution >= 0.6 is 0 Å². The molecule has 1 aromatic rings. The second-order valence-electron chi connectivity index (χ2n) is 3.38. The average Bonchev–Trinajstić information content (AvgIpc) is 2.55. The Balaban J connectivity index is 2.42. The molecule has 2 amide bonds. The van der Waals surface area contributed by atoms with Gasteiger partial charge >= 0.3 is 6.03 Å². The molecule has 1 heterocycles. The fourth-order valence-corrected chi connectivity index (χ4v) is 1.73. The van der Waals surface area contributed by atoms with E-state index >= 15 is 0 Å². The van der Waals surface area contributed by atoms with Gasteiger partial charge < -0.3 is 10.4 Å². The van der Waals surface area contributed by atoms with E-state index in [2.05, 4.69) is 5.32 Å². The van der Waals surface area contributed by atoms with Crippen LogP contribution in [0.15, 0.2) is 18.2 Å². The van der Waals surface area contributed by atoms with Crippen LogP contribution in [0.4, 0.5) is 14.9 Å². The summed E-state index contributed by atoms with van der Waals surface area (Å²) in [6, 6.07) is 3.71. The van der Waals surface area contributed by atoms with Crippen molar-refractivity contribution in [2.75, 3.05) is 18.5 Å². The minimum atomic E-state index is -0.812. The fraction of sp³-hybridized carbons (Fsp3) is 0.300. The van der Waals surface area contributed by atoms with Crippen molar-refractivity contribution in [3.63, 3.8) is 0 Å². The first kappa shape index (κ1) is 9.92. The summed E-state index contributed by atoms with van der Waals surface area (Å²) in [5.41, 5.74) is 1.02. The zero-order valence-electron chi connectivity index (χ0n) is 8.20. The number of amides is 2. The number of hydrogen-bond acceptors (Lipinski definition) is 2. The van der Waals surface area contributed by atoms with Gasteiger partial charge in [0.25, 0.3) is 0 Å². The third-order valence-electron chi connectivity index (χ3n) is 2.45. The molecule has 1 aliphatic rings. The van der Waals surface area contributed by atoms with Crippen LogP contribution in [-0.2, 0) is 0 Å². The quantitative estimate of drug-likeness (QED) is 0.671. The lowest BCUT2D eigenvalue weighted by Crippen LogP contribution is -2.37. The Morgan fingerprint density at radius 3 is 3.07 bits per heavy atom. The number of rotatable bonds is 0. The second kappa shape index (κ2) is 3.51. The van der Waals surface area contributed by atoms with E-state index in [1.165, 1.54) is 30.1 Å². The van der Waals surface area contributed by atoms with E-state index in [0.29, 0.717) is 11.3 Å². The highest BCUT2D eigenvalue weighted by Crippen LogP contribution is 2.34. The van der Waals surface area contributed by atoms with Gasteiger partial charge in [0.15, 0.2) is 0 Å². The fourth-order valence-electron chi connectivity index (χ4n) is 1.73. The van der Waals surface area contributed by atoms with Crippen LogP contribution in [0.2, 0.25) is 0 Å². The molecule has 0 bridgehead atoms. The summed E-state index contributed by atoms with van der Waals surface area (Å²) in [6.45, 7) is 0.165. The molecular formula is C10H11FN2O2. The van der Waals surface area contributed by atoms with Gasteiger partial charge in [-0.15, -0.1) is 0 Å². The van der Waals surface area contributed by atoms with Crippen LogP contribution in [0.5, 0.6) is 0 Å². The minimum absolute atomic E-state index is 0.165. The smallest absolute Gasteiger partial charge is 0.321 e. The summed E-state index contributed by atoms with van der Waals surface area (Å²) in [6.07, 6.45) is -0.812. The number of carbonyl (C=O) groups excluding carboxylic acids is 1. The molecule has 0 unspecified atom stereocenters. The summed E-state index contributed by atoms with van der Waals surface area (Å²) < 4.78 is 12.9. The van der Waals surface area contributed by atoms with Gasteiger partial charge in [0.05, 0.1) is 18.3 Å². The average molecular weight is 210 g/mol. The van der Waals surface area contributed by atoms with Crippen molar-refractivity contribution in [2.24, 2.45) is 0 Å². The molecule has 2 N–H and O–H groups in total. The molecule has 80 valence electrons. The minimum Gasteiger partial charge on any atom is -0.386 e. The zero-order chi connectivity index (χ0) is 11.0. The number of nitrogens with one attached hydrogen (secondary N) is 1. The van der Waals surface area contributed by atoms with Crippen molar-refractivity contribution >= 4 is 11.7 Å². The molecule has 4 nitrogen and oxygen atoms in total. The third-order valence-corrected chi connectivity index (χ3v) is 2.45. The van der Waals surface area contributed by atoms with Crippen LogP contribution in [0.1, 0.15) is 11.7 Å². The number of benzene rings is 1. The molecule has 0 saturated heterocycles. The Bertz CT molecular complexity index is 408. The van der Waals surface area contributed by atoms with Gasteiger partial charge in [-0.05, 0) is 18.2 Å². The molecule has 0 saturated carbocycles. The van der Waals surface area contributed by atoms with Crippen molar-refractivity contribution in [3.8, 4) is 0 Å². The summed E-state index contributed by atoms with van der Waals surface area (Å²) in [4.78, 5) is 12.8.